The maximum Gasteiger partial charge on any atom is 0.336 e. The van der Waals surface area contributed by atoms with Crippen LogP contribution in [0.4, 0.5) is 10.5 Å². The van der Waals surface area contributed by atoms with Crippen molar-refractivity contribution in [2.75, 3.05) is 12.0 Å². The second-order valence-electron chi connectivity index (χ2n) is 7.87. The van der Waals surface area contributed by atoms with E-state index in [1.54, 1.807) is 36.4 Å². The van der Waals surface area contributed by atoms with E-state index in [2.05, 4.69) is 5.32 Å². The average Bonchev–Trinajstić information content (AvgIpc) is 2.87. The molecule has 0 bridgehead atoms. The Balaban J connectivity index is 1.56. The molecule has 3 aromatic carbocycles. The molecule has 36 heavy (non-hydrogen) atoms. The third kappa shape index (κ3) is 5.39. The zero-order valence-electron chi connectivity index (χ0n) is 19.6. The predicted molar refractivity (Wildman–Crippen MR) is 134 cm³/mol. The number of anilines is 1. The van der Waals surface area contributed by atoms with E-state index in [4.69, 9.17) is 9.47 Å². The van der Waals surface area contributed by atoms with Crippen molar-refractivity contribution in [3.8, 4) is 11.5 Å². The fourth-order valence-electron chi connectivity index (χ4n) is 3.48. The number of hydrogen-bond acceptors (Lipinski definition) is 6. The number of rotatable bonds is 6. The number of carbonyl (C=O) groups excluding carboxylic acids is 4. The molecule has 3 aromatic rings. The van der Waals surface area contributed by atoms with E-state index in [0.29, 0.717) is 11.3 Å². The van der Waals surface area contributed by atoms with Crippen molar-refractivity contribution in [2.45, 2.75) is 6.92 Å². The van der Waals surface area contributed by atoms with E-state index in [1.165, 1.54) is 31.4 Å². The van der Waals surface area contributed by atoms with Gasteiger partial charge in [0.15, 0.2) is 11.5 Å². The molecule has 0 atom stereocenters. The van der Waals surface area contributed by atoms with Gasteiger partial charge in [-0.05, 0) is 54.5 Å². The lowest BCUT2D eigenvalue weighted by Crippen LogP contribution is -2.54. The second kappa shape index (κ2) is 10.5. The first-order valence-corrected chi connectivity index (χ1v) is 11.0. The molecule has 0 spiro atoms. The van der Waals surface area contributed by atoms with Crippen LogP contribution in [0.25, 0.3) is 12.2 Å². The third-order valence-corrected chi connectivity index (χ3v) is 5.31. The SMILES string of the molecule is COc1cc(/C=C2\C(=O)NC(=O)N(c3ccc(C)cc3)C2=O)ccc1OC(=O)/C=C/c1ccccc1. The summed E-state index contributed by atoms with van der Waals surface area (Å²) in [6.07, 6.45) is 4.27. The summed E-state index contributed by atoms with van der Waals surface area (Å²) in [4.78, 5) is 51.0. The summed E-state index contributed by atoms with van der Waals surface area (Å²) < 4.78 is 10.7. The normalized spacial score (nSPS) is 14.8. The van der Waals surface area contributed by atoms with Crippen LogP contribution in [0.2, 0.25) is 0 Å². The maximum atomic E-state index is 13.1. The largest absolute Gasteiger partial charge is 0.493 e. The number of barbiturate groups is 1. The molecule has 0 unspecified atom stereocenters. The molecule has 1 heterocycles. The monoisotopic (exact) mass is 482 g/mol. The van der Waals surface area contributed by atoms with Crippen LogP contribution in [0, 0.1) is 6.92 Å². The Hall–Kier alpha value is -4.98. The summed E-state index contributed by atoms with van der Waals surface area (Å²) >= 11 is 0. The molecular weight excluding hydrogens is 460 g/mol. The van der Waals surface area contributed by atoms with Gasteiger partial charge in [0.25, 0.3) is 11.8 Å². The quantitative estimate of drug-likeness (QED) is 0.243. The minimum Gasteiger partial charge on any atom is -0.493 e. The van der Waals surface area contributed by atoms with Crippen LogP contribution < -0.4 is 19.7 Å². The Kier molecular flexibility index (Phi) is 7.06. The van der Waals surface area contributed by atoms with Crippen molar-refractivity contribution < 1.29 is 28.7 Å². The molecule has 1 aliphatic heterocycles. The van der Waals surface area contributed by atoms with E-state index in [9.17, 15) is 19.2 Å². The Bertz CT molecular complexity index is 1390. The summed E-state index contributed by atoms with van der Waals surface area (Å²) in [6.45, 7) is 1.88. The summed E-state index contributed by atoms with van der Waals surface area (Å²) in [5.41, 5.74) is 2.34. The van der Waals surface area contributed by atoms with Gasteiger partial charge in [-0.2, -0.15) is 0 Å². The molecule has 1 N–H and O–H groups in total. The number of benzene rings is 3. The van der Waals surface area contributed by atoms with E-state index in [0.717, 1.165) is 16.0 Å². The van der Waals surface area contributed by atoms with Gasteiger partial charge in [0.05, 0.1) is 12.8 Å². The van der Waals surface area contributed by atoms with Crippen molar-refractivity contribution in [3.05, 3.63) is 101 Å². The minimum atomic E-state index is -0.825. The standard InChI is InChI=1S/C28H22N2O6/c1-18-8-12-21(13-9-18)30-27(33)22(26(32)29-28(30)34)16-20-10-14-23(24(17-20)35-2)36-25(31)15-11-19-6-4-3-5-7-19/h3-17H,1-2H3,(H,29,32,34)/b15-11+,22-16+. The van der Waals surface area contributed by atoms with Crippen LogP contribution in [0.3, 0.4) is 0 Å². The first-order valence-electron chi connectivity index (χ1n) is 11.0. The van der Waals surface area contributed by atoms with Gasteiger partial charge in [0.1, 0.15) is 5.57 Å². The molecule has 180 valence electrons. The molecular formula is C28H22N2O6. The molecule has 8 nitrogen and oxygen atoms in total. The van der Waals surface area contributed by atoms with E-state index in [1.807, 2.05) is 37.3 Å². The van der Waals surface area contributed by atoms with E-state index < -0.39 is 23.8 Å². The van der Waals surface area contributed by atoms with Crippen LogP contribution in [0.1, 0.15) is 16.7 Å². The van der Waals surface area contributed by atoms with Gasteiger partial charge in [0, 0.05) is 6.08 Å². The number of methoxy groups -OCH3 is 1. The van der Waals surface area contributed by atoms with Crippen molar-refractivity contribution in [3.63, 3.8) is 0 Å². The lowest BCUT2D eigenvalue weighted by atomic mass is 10.1. The fourth-order valence-corrected chi connectivity index (χ4v) is 3.48. The highest BCUT2D eigenvalue weighted by atomic mass is 16.6. The number of nitrogens with one attached hydrogen (secondary N) is 1. The smallest absolute Gasteiger partial charge is 0.336 e. The number of carbonyl (C=O) groups is 4. The van der Waals surface area contributed by atoms with Gasteiger partial charge in [-0.1, -0.05) is 54.1 Å². The van der Waals surface area contributed by atoms with E-state index >= 15 is 0 Å². The van der Waals surface area contributed by atoms with Gasteiger partial charge in [-0.25, -0.2) is 14.5 Å². The molecule has 0 saturated carbocycles. The van der Waals surface area contributed by atoms with Gasteiger partial charge in [0.2, 0.25) is 0 Å². The molecule has 0 radical (unpaired) electrons. The van der Waals surface area contributed by atoms with Crippen molar-refractivity contribution in [1.29, 1.82) is 0 Å². The predicted octanol–water partition coefficient (Wildman–Crippen LogP) is 4.29. The molecule has 4 amide bonds. The lowest BCUT2D eigenvalue weighted by Gasteiger charge is -2.26. The van der Waals surface area contributed by atoms with Crippen LogP contribution in [0.15, 0.2) is 84.4 Å². The maximum absolute atomic E-state index is 13.1. The highest BCUT2D eigenvalue weighted by Crippen LogP contribution is 2.30. The number of hydrogen-bond donors (Lipinski definition) is 1. The molecule has 0 aliphatic carbocycles. The number of amides is 4. The molecule has 1 aliphatic rings. The van der Waals surface area contributed by atoms with Crippen LogP contribution >= 0.6 is 0 Å². The van der Waals surface area contributed by atoms with Crippen molar-refractivity contribution >= 4 is 41.7 Å². The molecule has 1 saturated heterocycles. The van der Waals surface area contributed by atoms with Crippen LogP contribution in [0.5, 0.6) is 11.5 Å². The number of urea groups is 1. The van der Waals surface area contributed by atoms with Crippen LogP contribution in [-0.2, 0) is 14.4 Å². The number of aryl methyl sites for hydroxylation is 1. The number of ether oxygens (including phenoxy) is 2. The van der Waals surface area contributed by atoms with Crippen molar-refractivity contribution in [1.82, 2.24) is 5.32 Å². The summed E-state index contributed by atoms with van der Waals surface area (Å²) in [6, 6.07) is 19.8. The number of esters is 1. The first-order chi connectivity index (χ1) is 17.4. The lowest BCUT2D eigenvalue weighted by molar-refractivity contribution is -0.129. The zero-order valence-corrected chi connectivity index (χ0v) is 19.6. The Labute approximate surface area is 207 Å². The fraction of sp³-hybridized carbons (Fsp3) is 0.0714. The van der Waals surface area contributed by atoms with Crippen LogP contribution in [-0.4, -0.2) is 30.9 Å². The van der Waals surface area contributed by atoms with Crippen molar-refractivity contribution in [2.24, 2.45) is 0 Å². The minimum absolute atomic E-state index is 0.165. The Morgan fingerprint density at radius 3 is 2.31 bits per heavy atom. The van der Waals surface area contributed by atoms with Gasteiger partial charge in [-0.15, -0.1) is 0 Å². The second-order valence-corrected chi connectivity index (χ2v) is 7.87. The zero-order chi connectivity index (χ0) is 25.7. The molecule has 1 fully saturated rings. The molecule has 8 heteroatoms. The molecule has 4 rings (SSSR count). The Morgan fingerprint density at radius 1 is 0.889 bits per heavy atom. The summed E-state index contributed by atoms with van der Waals surface area (Å²) in [5, 5.41) is 2.19. The highest BCUT2D eigenvalue weighted by molar-refractivity contribution is 6.39. The summed E-state index contributed by atoms with van der Waals surface area (Å²) in [7, 11) is 1.40. The topological polar surface area (TPSA) is 102 Å². The average molecular weight is 482 g/mol. The van der Waals surface area contributed by atoms with Gasteiger partial charge >= 0.3 is 12.0 Å². The van der Waals surface area contributed by atoms with Gasteiger partial charge in [-0.3, -0.25) is 14.9 Å². The number of nitrogens with zero attached hydrogens (tertiary/aromatic N) is 1. The summed E-state index contributed by atoms with van der Waals surface area (Å²) in [5.74, 6) is -1.78. The Morgan fingerprint density at radius 2 is 1.61 bits per heavy atom. The van der Waals surface area contributed by atoms with Gasteiger partial charge < -0.3 is 9.47 Å². The first kappa shape index (κ1) is 24.2. The highest BCUT2D eigenvalue weighted by Gasteiger charge is 2.36. The van der Waals surface area contributed by atoms with E-state index in [-0.39, 0.29) is 17.1 Å². The molecule has 0 aromatic heterocycles. The number of imide groups is 2. The third-order valence-electron chi connectivity index (χ3n) is 5.31.